The maximum Gasteiger partial charge on any atom is 0.429 e. The molecule has 0 bridgehead atoms. The molecule has 2 amide bonds. The van der Waals surface area contributed by atoms with Crippen molar-refractivity contribution in [3.63, 3.8) is 0 Å². The molecule has 5 heterocycles. The number of carboxylic acid groups (broad SMARTS) is 1. The van der Waals surface area contributed by atoms with Crippen LogP contribution in [0.15, 0.2) is 50.0 Å². The SMILES string of the molecule is C[n+]1ccc(-c2csc(SC3=C(C(=O)O)N4C(=O)[C@@H](NC(=O)/C(=N\OCF)c5nsc(NP(=O)(O)O)n5)C4SC3)n2)cc1. The van der Waals surface area contributed by atoms with E-state index in [1.54, 1.807) is 5.09 Å². The Morgan fingerprint density at radius 2 is 2.07 bits per heavy atom. The third kappa shape index (κ3) is 6.87. The minimum Gasteiger partial charge on any atom is -0.477 e. The second kappa shape index (κ2) is 12.6. The number of hydrogen-bond donors (Lipinski definition) is 5. The van der Waals surface area contributed by atoms with Crippen molar-refractivity contribution in [1.82, 2.24) is 24.6 Å². The highest BCUT2D eigenvalue weighted by molar-refractivity contribution is 8.07. The van der Waals surface area contributed by atoms with Gasteiger partial charge in [0.15, 0.2) is 16.7 Å². The molecule has 2 atom stereocenters. The summed E-state index contributed by atoms with van der Waals surface area (Å²) in [6.07, 6.45) is 3.76. The quantitative estimate of drug-likeness (QED) is 0.0627. The normalized spacial score (nSPS) is 18.7. The lowest BCUT2D eigenvalue weighted by Gasteiger charge is -2.49. The van der Waals surface area contributed by atoms with E-state index in [-0.39, 0.29) is 16.6 Å². The largest absolute Gasteiger partial charge is 0.477 e. The van der Waals surface area contributed by atoms with Crippen molar-refractivity contribution in [2.75, 3.05) is 17.7 Å². The molecule has 0 spiro atoms. The first-order chi connectivity index (χ1) is 20.4. The van der Waals surface area contributed by atoms with E-state index in [4.69, 9.17) is 9.79 Å². The molecule has 0 radical (unpaired) electrons. The van der Waals surface area contributed by atoms with Crippen LogP contribution < -0.4 is 15.0 Å². The summed E-state index contributed by atoms with van der Waals surface area (Å²) in [5.74, 6) is -3.34. The number of rotatable bonds is 11. The Kier molecular flexibility index (Phi) is 9.11. The van der Waals surface area contributed by atoms with E-state index >= 15 is 0 Å². The molecule has 5 rings (SSSR count). The van der Waals surface area contributed by atoms with Crippen molar-refractivity contribution in [1.29, 1.82) is 0 Å². The van der Waals surface area contributed by atoms with Crippen molar-refractivity contribution >= 4 is 82.8 Å². The van der Waals surface area contributed by atoms with E-state index in [9.17, 15) is 28.4 Å². The number of carboxylic acids is 1. The van der Waals surface area contributed by atoms with Gasteiger partial charge in [-0.1, -0.05) is 16.9 Å². The maximum atomic E-state index is 13.1. The topological polar surface area (TPSA) is 220 Å². The number of aliphatic carboxylic acids is 1. The Morgan fingerprint density at radius 1 is 1.33 bits per heavy atom. The molecule has 2 aliphatic heterocycles. The molecule has 22 heteroatoms. The Morgan fingerprint density at radius 3 is 2.74 bits per heavy atom. The van der Waals surface area contributed by atoms with Crippen LogP contribution >= 0.6 is 54.1 Å². The number of hydrogen-bond acceptors (Lipinski definition) is 13. The lowest BCUT2D eigenvalue weighted by atomic mass is 10.0. The molecule has 1 unspecified atom stereocenters. The van der Waals surface area contributed by atoms with Gasteiger partial charge in [-0.2, -0.15) is 9.36 Å². The number of oxime groups is 1. The van der Waals surface area contributed by atoms with Gasteiger partial charge < -0.3 is 25.0 Å². The van der Waals surface area contributed by atoms with Gasteiger partial charge >= 0.3 is 13.7 Å². The van der Waals surface area contributed by atoms with Crippen LogP contribution in [0.4, 0.5) is 9.52 Å². The fourth-order valence-corrected chi connectivity index (χ4v) is 8.56. The Bertz CT molecular complexity index is 1690. The third-order valence-electron chi connectivity index (χ3n) is 5.69. The van der Waals surface area contributed by atoms with E-state index in [0.717, 1.165) is 27.9 Å². The van der Waals surface area contributed by atoms with Gasteiger partial charge in [-0.3, -0.25) is 19.6 Å². The number of fused-ring (bicyclic) bond motifs is 1. The van der Waals surface area contributed by atoms with Crippen LogP contribution in [0.5, 0.6) is 0 Å². The highest BCUT2D eigenvalue weighted by Gasteiger charge is 2.54. The number of nitrogens with zero attached hydrogens (tertiary/aromatic N) is 6. The monoisotopic (exact) mass is 689 g/mol. The van der Waals surface area contributed by atoms with Gasteiger partial charge in [-0.25, -0.2) is 23.3 Å². The van der Waals surface area contributed by atoms with Gasteiger partial charge in [0.2, 0.25) is 16.7 Å². The summed E-state index contributed by atoms with van der Waals surface area (Å²) in [5, 5.41) is 18.2. The smallest absolute Gasteiger partial charge is 0.429 e. The molecule has 5 N–H and O–H groups in total. The number of pyridine rings is 1. The fraction of sp³-hybridized carbons (Fsp3) is 0.238. The number of β-lactam (4-membered cyclic amide) rings is 1. The summed E-state index contributed by atoms with van der Waals surface area (Å²) in [6.45, 7) is -1.42. The maximum absolute atomic E-state index is 13.1. The van der Waals surface area contributed by atoms with E-state index in [1.807, 2.05) is 41.5 Å². The van der Waals surface area contributed by atoms with Gasteiger partial charge in [0.25, 0.3) is 18.7 Å². The first-order valence-corrected chi connectivity index (χ1v) is 16.8. The van der Waals surface area contributed by atoms with Crippen LogP contribution in [0.2, 0.25) is 0 Å². The second-order valence-electron chi connectivity index (χ2n) is 8.55. The van der Waals surface area contributed by atoms with Crippen LogP contribution in [0.1, 0.15) is 5.82 Å². The van der Waals surface area contributed by atoms with Gasteiger partial charge in [-0.05, 0) is 0 Å². The van der Waals surface area contributed by atoms with Gasteiger partial charge in [0.05, 0.1) is 5.69 Å². The van der Waals surface area contributed by atoms with Crippen molar-refractivity contribution in [2.24, 2.45) is 12.2 Å². The number of anilines is 1. The molecule has 16 nitrogen and oxygen atoms in total. The molecule has 226 valence electrons. The fourth-order valence-electron chi connectivity index (χ4n) is 3.86. The lowest BCUT2D eigenvalue weighted by molar-refractivity contribution is -0.671. The molecule has 3 aromatic rings. The molecular weight excluding hydrogens is 671 g/mol. The summed E-state index contributed by atoms with van der Waals surface area (Å²) >= 11 is 4.19. The minimum absolute atomic E-state index is 0.208. The molecule has 1 saturated heterocycles. The predicted octanol–water partition coefficient (Wildman–Crippen LogP) is 1.13. The Balaban J connectivity index is 1.31. The first-order valence-electron chi connectivity index (χ1n) is 11.7. The zero-order valence-corrected chi connectivity index (χ0v) is 25.6. The number of halogens is 1. The van der Waals surface area contributed by atoms with Gasteiger partial charge in [-0.15, -0.1) is 23.1 Å². The zero-order chi connectivity index (χ0) is 30.9. The standard InChI is InChI=1S/C21H18FN8O8PS4/c1-29-4-2-9(3-5-29)10-6-41-21(23-10)42-11-7-40-18-13(17(32)30(18)14(11)19(33)34)24-16(31)12(26-38-8-22)15-25-20(43-28-15)27-39(35,36)37/h2-6,13,18H,7-8H2,1H3,(H4-,24,25,27,28,31,33,34,35,36,37)/p+1/b26-12-/t13-,18?/m1/s1. The van der Waals surface area contributed by atoms with Crippen molar-refractivity contribution < 1.29 is 47.6 Å². The number of carbonyl (C=O) groups excluding carboxylic acids is 2. The molecule has 43 heavy (non-hydrogen) atoms. The molecular formula is C21H19FN8O8PS4+. The summed E-state index contributed by atoms with van der Waals surface area (Å²) in [4.78, 5) is 70.6. The van der Waals surface area contributed by atoms with Gasteiger partial charge in [0, 0.05) is 45.3 Å². The number of aryl methyl sites for hydroxylation is 1. The average molecular weight is 690 g/mol. The van der Waals surface area contributed by atoms with E-state index < -0.39 is 55.3 Å². The third-order valence-corrected chi connectivity index (χ3v) is 10.5. The highest BCUT2D eigenvalue weighted by Crippen LogP contribution is 2.46. The molecule has 1 fully saturated rings. The number of aromatic nitrogens is 4. The van der Waals surface area contributed by atoms with Crippen LogP contribution in [0.3, 0.4) is 0 Å². The highest BCUT2D eigenvalue weighted by atomic mass is 32.2. The van der Waals surface area contributed by atoms with E-state index in [1.165, 1.54) is 23.1 Å². The minimum atomic E-state index is -4.73. The summed E-state index contributed by atoms with van der Waals surface area (Å²) in [7, 11) is -2.84. The molecule has 0 aliphatic carbocycles. The summed E-state index contributed by atoms with van der Waals surface area (Å²) in [5.41, 5.74) is 0.724. The van der Waals surface area contributed by atoms with E-state index in [2.05, 4.69) is 29.7 Å². The number of carbonyl (C=O) groups is 3. The van der Waals surface area contributed by atoms with Crippen molar-refractivity contribution in [2.45, 2.75) is 15.8 Å². The second-order valence-corrected chi connectivity index (χ2v) is 13.9. The molecule has 0 saturated carbocycles. The van der Waals surface area contributed by atoms with E-state index in [0.29, 0.717) is 20.8 Å². The van der Waals surface area contributed by atoms with Crippen LogP contribution in [-0.2, 0) is 30.8 Å². The van der Waals surface area contributed by atoms with Crippen LogP contribution in [0.25, 0.3) is 11.3 Å². The number of amides is 2. The van der Waals surface area contributed by atoms with Crippen LogP contribution in [-0.4, -0.2) is 81.7 Å². The van der Waals surface area contributed by atoms with Crippen LogP contribution in [0, 0.1) is 0 Å². The lowest BCUT2D eigenvalue weighted by Crippen LogP contribution is -2.71. The Labute approximate surface area is 257 Å². The Hall–Kier alpha value is -3.46. The summed E-state index contributed by atoms with van der Waals surface area (Å²) in [6, 6.07) is 2.64. The predicted molar refractivity (Wildman–Crippen MR) is 153 cm³/mol. The van der Waals surface area contributed by atoms with Crippen molar-refractivity contribution in [3.05, 3.63) is 46.3 Å². The van der Waals surface area contributed by atoms with Crippen molar-refractivity contribution in [3.8, 4) is 11.3 Å². The number of thiazole rings is 1. The van der Waals surface area contributed by atoms with Gasteiger partial charge in [0.1, 0.15) is 24.2 Å². The summed E-state index contributed by atoms with van der Waals surface area (Å²) < 4.78 is 30.1. The average Bonchev–Trinajstić information content (AvgIpc) is 3.60. The molecule has 3 aromatic heterocycles. The molecule has 0 aromatic carbocycles. The zero-order valence-electron chi connectivity index (χ0n) is 21.5. The first kappa shape index (κ1) is 31.0. The molecule has 2 aliphatic rings. The number of alkyl halides is 1. The number of nitrogens with one attached hydrogen (secondary N) is 2. The number of thioether (sulfide) groups is 2.